The fraction of sp³-hybridized carbons (Fsp3) is 0.0244. The first-order valence-corrected chi connectivity index (χ1v) is 14.7. The Morgan fingerprint density at radius 3 is 1.56 bits per heavy atom. The molecule has 0 saturated heterocycles. The van der Waals surface area contributed by atoms with E-state index in [-0.39, 0.29) is 0 Å². The molecule has 7 aromatic carbocycles. The molecule has 1 aromatic heterocycles. The standard InChI is InChI=1S/C41H30N2/c1-42(35-12-4-2-5-13-35)36-23-20-30(21-24-36)29-16-18-31(19-17-29)34-22-25-38-39-26-32-10-8-9-11-33(32)27-41(39)43(40(38)28-34)37-14-6-3-7-15-37/h2-28H,1H3. The predicted molar refractivity (Wildman–Crippen MR) is 184 cm³/mol. The minimum Gasteiger partial charge on any atom is -0.345 e. The summed E-state index contributed by atoms with van der Waals surface area (Å²) in [6.07, 6.45) is 0. The SMILES string of the molecule is CN(c1ccccc1)c1ccc(-c2ccc(-c3ccc4c5cc6ccccc6cc5n(-c5ccccc5)c4c3)cc2)cc1. The highest BCUT2D eigenvalue weighted by atomic mass is 15.1. The molecular formula is C41H30N2. The quantitative estimate of drug-likeness (QED) is 0.207. The minimum absolute atomic E-state index is 1.17. The van der Waals surface area contributed by atoms with Crippen LogP contribution in [0.1, 0.15) is 0 Å². The van der Waals surface area contributed by atoms with Gasteiger partial charge in [0, 0.05) is 34.9 Å². The summed E-state index contributed by atoms with van der Waals surface area (Å²) in [7, 11) is 2.11. The van der Waals surface area contributed by atoms with Gasteiger partial charge >= 0.3 is 0 Å². The molecule has 2 nitrogen and oxygen atoms in total. The third-order valence-electron chi connectivity index (χ3n) is 8.60. The number of nitrogens with zero attached hydrogens (tertiary/aromatic N) is 2. The zero-order chi connectivity index (χ0) is 28.8. The molecule has 0 fully saturated rings. The van der Waals surface area contributed by atoms with Crippen LogP contribution in [0.25, 0.3) is 60.5 Å². The molecule has 1 heterocycles. The van der Waals surface area contributed by atoms with Crippen molar-refractivity contribution >= 4 is 44.0 Å². The summed E-state index contributed by atoms with van der Waals surface area (Å²) < 4.78 is 2.41. The van der Waals surface area contributed by atoms with Gasteiger partial charge in [0.05, 0.1) is 11.0 Å². The van der Waals surface area contributed by atoms with Gasteiger partial charge in [-0.2, -0.15) is 0 Å². The maximum atomic E-state index is 2.41. The molecular weight excluding hydrogens is 520 g/mol. The highest BCUT2D eigenvalue weighted by Gasteiger charge is 2.14. The van der Waals surface area contributed by atoms with E-state index in [9.17, 15) is 0 Å². The zero-order valence-corrected chi connectivity index (χ0v) is 24.0. The second-order valence-corrected chi connectivity index (χ2v) is 11.1. The maximum Gasteiger partial charge on any atom is 0.0547 e. The first-order chi connectivity index (χ1) is 21.2. The monoisotopic (exact) mass is 550 g/mol. The molecule has 0 unspecified atom stereocenters. The first-order valence-electron chi connectivity index (χ1n) is 14.7. The van der Waals surface area contributed by atoms with E-state index in [1.165, 1.54) is 71.9 Å². The zero-order valence-electron chi connectivity index (χ0n) is 24.0. The van der Waals surface area contributed by atoms with Gasteiger partial charge in [-0.05, 0) is 87.6 Å². The van der Waals surface area contributed by atoms with Gasteiger partial charge in [0.25, 0.3) is 0 Å². The Balaban J connectivity index is 1.17. The molecule has 204 valence electrons. The fourth-order valence-corrected chi connectivity index (χ4v) is 6.27. The van der Waals surface area contributed by atoms with Crippen LogP contribution in [0.2, 0.25) is 0 Å². The normalized spacial score (nSPS) is 11.4. The number of hydrogen-bond donors (Lipinski definition) is 0. The topological polar surface area (TPSA) is 8.17 Å². The number of para-hydroxylation sites is 2. The average Bonchev–Trinajstić information content (AvgIpc) is 3.40. The van der Waals surface area contributed by atoms with Crippen LogP contribution in [-0.2, 0) is 0 Å². The van der Waals surface area contributed by atoms with Crippen LogP contribution in [-0.4, -0.2) is 11.6 Å². The third-order valence-corrected chi connectivity index (χ3v) is 8.60. The molecule has 0 aliphatic heterocycles. The van der Waals surface area contributed by atoms with Crippen LogP contribution < -0.4 is 4.90 Å². The minimum atomic E-state index is 1.17. The smallest absolute Gasteiger partial charge is 0.0547 e. The van der Waals surface area contributed by atoms with Crippen LogP contribution in [0.5, 0.6) is 0 Å². The predicted octanol–water partition coefficient (Wildman–Crippen LogP) is 11.0. The van der Waals surface area contributed by atoms with Crippen molar-refractivity contribution in [1.29, 1.82) is 0 Å². The van der Waals surface area contributed by atoms with E-state index in [4.69, 9.17) is 0 Å². The first kappa shape index (κ1) is 25.1. The molecule has 0 aliphatic carbocycles. The van der Waals surface area contributed by atoms with Crippen LogP contribution in [0.3, 0.4) is 0 Å². The van der Waals surface area contributed by atoms with E-state index in [0.717, 1.165) is 0 Å². The molecule has 2 heteroatoms. The van der Waals surface area contributed by atoms with Gasteiger partial charge in [-0.3, -0.25) is 0 Å². The van der Waals surface area contributed by atoms with Gasteiger partial charge in [0.15, 0.2) is 0 Å². The van der Waals surface area contributed by atoms with Gasteiger partial charge in [-0.1, -0.05) is 109 Å². The van der Waals surface area contributed by atoms with E-state index in [1.807, 2.05) is 6.07 Å². The lowest BCUT2D eigenvalue weighted by Crippen LogP contribution is -2.08. The van der Waals surface area contributed by atoms with E-state index < -0.39 is 0 Å². The lowest BCUT2D eigenvalue weighted by atomic mass is 9.99. The molecule has 0 radical (unpaired) electrons. The lowest BCUT2D eigenvalue weighted by Gasteiger charge is -2.19. The van der Waals surface area contributed by atoms with Crippen molar-refractivity contribution in [2.75, 3.05) is 11.9 Å². The molecule has 8 aromatic rings. The van der Waals surface area contributed by atoms with Crippen LogP contribution in [0.15, 0.2) is 164 Å². The molecule has 0 spiro atoms. The highest BCUT2D eigenvalue weighted by Crippen LogP contribution is 2.37. The van der Waals surface area contributed by atoms with Crippen molar-refractivity contribution in [3.63, 3.8) is 0 Å². The number of fused-ring (bicyclic) bond motifs is 4. The number of rotatable bonds is 5. The largest absolute Gasteiger partial charge is 0.345 e. The Bertz CT molecular complexity index is 2210. The van der Waals surface area contributed by atoms with Crippen molar-refractivity contribution in [3.8, 4) is 27.9 Å². The van der Waals surface area contributed by atoms with E-state index in [0.29, 0.717) is 0 Å². The average molecular weight is 551 g/mol. The summed E-state index contributed by atoms with van der Waals surface area (Å²) in [5, 5.41) is 5.07. The summed E-state index contributed by atoms with van der Waals surface area (Å²) in [6.45, 7) is 0. The van der Waals surface area contributed by atoms with Crippen molar-refractivity contribution in [1.82, 2.24) is 4.57 Å². The molecule has 0 amide bonds. The third kappa shape index (κ3) is 4.45. The second kappa shape index (κ2) is 10.3. The maximum absolute atomic E-state index is 2.41. The molecule has 8 rings (SSSR count). The van der Waals surface area contributed by atoms with Crippen molar-refractivity contribution in [3.05, 3.63) is 164 Å². The Kier molecular flexibility index (Phi) is 6.05. The molecule has 0 aliphatic rings. The van der Waals surface area contributed by atoms with Crippen molar-refractivity contribution in [2.45, 2.75) is 0 Å². The summed E-state index contributed by atoms with van der Waals surface area (Å²) in [4.78, 5) is 2.21. The number of anilines is 2. The lowest BCUT2D eigenvalue weighted by molar-refractivity contribution is 1.18. The number of aromatic nitrogens is 1. The van der Waals surface area contributed by atoms with E-state index >= 15 is 0 Å². The molecule has 43 heavy (non-hydrogen) atoms. The Morgan fingerprint density at radius 2 is 0.884 bits per heavy atom. The molecule has 0 bridgehead atoms. The second-order valence-electron chi connectivity index (χ2n) is 11.1. The van der Waals surface area contributed by atoms with E-state index in [2.05, 4.69) is 174 Å². The summed E-state index contributed by atoms with van der Waals surface area (Å²) in [5.41, 5.74) is 10.8. The summed E-state index contributed by atoms with van der Waals surface area (Å²) >= 11 is 0. The Hall–Kier alpha value is -5.60. The van der Waals surface area contributed by atoms with Gasteiger partial charge in [0.1, 0.15) is 0 Å². The van der Waals surface area contributed by atoms with E-state index in [1.54, 1.807) is 0 Å². The van der Waals surface area contributed by atoms with Crippen molar-refractivity contribution in [2.24, 2.45) is 0 Å². The molecule has 0 N–H and O–H groups in total. The molecule has 0 atom stereocenters. The molecule has 0 saturated carbocycles. The van der Waals surface area contributed by atoms with Crippen LogP contribution >= 0.6 is 0 Å². The van der Waals surface area contributed by atoms with Crippen molar-refractivity contribution < 1.29 is 0 Å². The fourth-order valence-electron chi connectivity index (χ4n) is 6.27. The number of benzene rings is 7. The Morgan fingerprint density at radius 1 is 0.395 bits per heavy atom. The highest BCUT2D eigenvalue weighted by molar-refractivity contribution is 6.14. The van der Waals surface area contributed by atoms with Crippen LogP contribution in [0, 0.1) is 0 Å². The summed E-state index contributed by atoms with van der Waals surface area (Å²) in [5.74, 6) is 0. The van der Waals surface area contributed by atoms with Crippen LogP contribution in [0.4, 0.5) is 11.4 Å². The van der Waals surface area contributed by atoms with Gasteiger partial charge in [-0.25, -0.2) is 0 Å². The Labute approximate surface area is 251 Å². The summed E-state index contributed by atoms with van der Waals surface area (Å²) in [6, 6.07) is 59.1. The van der Waals surface area contributed by atoms with Gasteiger partial charge in [0.2, 0.25) is 0 Å². The number of hydrogen-bond acceptors (Lipinski definition) is 1. The van der Waals surface area contributed by atoms with Gasteiger partial charge < -0.3 is 9.47 Å². The van der Waals surface area contributed by atoms with Gasteiger partial charge in [-0.15, -0.1) is 0 Å².